The molecular weight excluding hydrogens is 212 g/mol. The van der Waals surface area contributed by atoms with Gasteiger partial charge in [0.05, 0.1) is 5.60 Å². The molecule has 0 bridgehead atoms. The minimum atomic E-state index is -0.448. The molecule has 0 aromatic carbocycles. The summed E-state index contributed by atoms with van der Waals surface area (Å²) in [7, 11) is 0. The minimum absolute atomic E-state index is 0.448. The van der Waals surface area contributed by atoms with E-state index in [4.69, 9.17) is 0 Å². The van der Waals surface area contributed by atoms with E-state index in [1.54, 1.807) is 0 Å². The van der Waals surface area contributed by atoms with Crippen LogP contribution in [0.4, 0.5) is 0 Å². The summed E-state index contributed by atoms with van der Waals surface area (Å²) < 4.78 is 0. The van der Waals surface area contributed by atoms with Crippen LogP contribution in [0, 0.1) is 11.8 Å². The van der Waals surface area contributed by atoms with Gasteiger partial charge in [0, 0.05) is 19.1 Å². The number of hydrogen-bond acceptors (Lipinski definition) is 3. The van der Waals surface area contributed by atoms with Crippen molar-refractivity contribution >= 4 is 0 Å². The number of likely N-dealkylation sites (tertiary alicyclic amines) is 1. The molecule has 2 aliphatic rings. The summed E-state index contributed by atoms with van der Waals surface area (Å²) in [5.74, 6) is 1.52. The van der Waals surface area contributed by atoms with E-state index in [0.29, 0.717) is 6.04 Å². The van der Waals surface area contributed by atoms with Crippen LogP contribution in [0.25, 0.3) is 0 Å². The smallest absolute Gasteiger partial charge is 0.0798 e. The van der Waals surface area contributed by atoms with Crippen LogP contribution < -0.4 is 5.32 Å². The molecule has 0 amide bonds. The van der Waals surface area contributed by atoms with Gasteiger partial charge in [-0.15, -0.1) is 0 Å². The van der Waals surface area contributed by atoms with Gasteiger partial charge in [0.15, 0.2) is 0 Å². The summed E-state index contributed by atoms with van der Waals surface area (Å²) in [6.07, 6.45) is 3.13. The Labute approximate surface area is 106 Å². The third-order valence-corrected chi connectivity index (χ3v) is 4.75. The van der Waals surface area contributed by atoms with E-state index in [9.17, 15) is 5.11 Å². The Morgan fingerprint density at radius 3 is 2.53 bits per heavy atom. The molecule has 2 N–H and O–H groups in total. The van der Waals surface area contributed by atoms with E-state index < -0.39 is 5.60 Å². The van der Waals surface area contributed by atoms with Crippen molar-refractivity contribution < 1.29 is 5.11 Å². The van der Waals surface area contributed by atoms with E-state index in [1.807, 2.05) is 0 Å². The predicted molar refractivity (Wildman–Crippen MR) is 71.0 cm³/mol. The van der Waals surface area contributed by atoms with Crippen molar-refractivity contribution in [1.82, 2.24) is 10.2 Å². The van der Waals surface area contributed by atoms with Gasteiger partial charge in [0.2, 0.25) is 0 Å². The molecule has 2 aliphatic heterocycles. The highest BCUT2D eigenvalue weighted by Gasteiger charge is 2.36. The number of nitrogens with one attached hydrogen (secondary N) is 1. The molecule has 3 heteroatoms. The van der Waals surface area contributed by atoms with Gasteiger partial charge in [-0.1, -0.05) is 13.8 Å². The number of nitrogens with zero attached hydrogens (tertiary/aromatic N) is 1. The Bertz CT molecular complexity index is 251. The third-order valence-electron chi connectivity index (χ3n) is 4.75. The summed E-state index contributed by atoms with van der Waals surface area (Å²) in [6.45, 7) is 10.9. The van der Waals surface area contributed by atoms with E-state index >= 15 is 0 Å². The Hall–Kier alpha value is -0.120. The summed E-state index contributed by atoms with van der Waals surface area (Å²) >= 11 is 0. The summed E-state index contributed by atoms with van der Waals surface area (Å²) in [6, 6.07) is 0.616. The van der Waals surface area contributed by atoms with E-state index in [1.165, 1.54) is 6.42 Å². The third kappa shape index (κ3) is 3.21. The quantitative estimate of drug-likeness (QED) is 0.767. The van der Waals surface area contributed by atoms with Crippen LogP contribution in [0.1, 0.15) is 40.0 Å². The molecule has 17 heavy (non-hydrogen) atoms. The fourth-order valence-corrected chi connectivity index (χ4v) is 3.47. The Kier molecular flexibility index (Phi) is 4.11. The Balaban J connectivity index is 1.96. The lowest BCUT2D eigenvalue weighted by atomic mass is 9.83. The first-order chi connectivity index (χ1) is 8.00. The van der Waals surface area contributed by atoms with Gasteiger partial charge >= 0.3 is 0 Å². The predicted octanol–water partition coefficient (Wildman–Crippen LogP) is 1.47. The SMILES string of the molecule is CC1CC(C)C(C)N(CC2(O)CCNCC2)C1. The van der Waals surface area contributed by atoms with Gasteiger partial charge in [0.1, 0.15) is 0 Å². The number of rotatable bonds is 2. The van der Waals surface area contributed by atoms with Crippen molar-refractivity contribution in [2.75, 3.05) is 26.2 Å². The standard InChI is InChI=1S/C14H28N2O/c1-11-8-12(2)13(3)16(9-11)10-14(17)4-6-15-7-5-14/h11-13,15,17H,4-10H2,1-3H3. The lowest BCUT2D eigenvalue weighted by Crippen LogP contribution is -2.55. The van der Waals surface area contributed by atoms with Gasteiger partial charge in [-0.05, 0) is 51.1 Å². The normalized spacial score (nSPS) is 39.2. The van der Waals surface area contributed by atoms with E-state index in [2.05, 4.69) is 31.0 Å². The highest BCUT2D eigenvalue weighted by atomic mass is 16.3. The van der Waals surface area contributed by atoms with E-state index in [0.717, 1.165) is 50.9 Å². The Morgan fingerprint density at radius 2 is 1.88 bits per heavy atom. The second-order valence-corrected chi connectivity index (χ2v) is 6.46. The topological polar surface area (TPSA) is 35.5 Å². The molecule has 3 atom stereocenters. The molecule has 0 radical (unpaired) electrons. The van der Waals surface area contributed by atoms with Crippen molar-refractivity contribution in [2.45, 2.75) is 51.7 Å². The molecule has 2 fully saturated rings. The number of β-amino-alcohol motifs (C(OH)–C–C–N with tert-alkyl or cyclic N) is 1. The second kappa shape index (κ2) is 5.25. The zero-order valence-electron chi connectivity index (χ0n) is 11.6. The highest BCUT2D eigenvalue weighted by Crippen LogP contribution is 2.30. The van der Waals surface area contributed by atoms with Crippen LogP contribution in [0.15, 0.2) is 0 Å². The molecule has 0 spiro atoms. The largest absolute Gasteiger partial charge is 0.388 e. The van der Waals surface area contributed by atoms with Crippen molar-refractivity contribution in [1.29, 1.82) is 0 Å². The number of piperidine rings is 2. The first-order valence-corrected chi connectivity index (χ1v) is 7.17. The molecular formula is C14H28N2O. The zero-order valence-corrected chi connectivity index (χ0v) is 11.6. The molecule has 0 aliphatic carbocycles. The Morgan fingerprint density at radius 1 is 1.24 bits per heavy atom. The van der Waals surface area contributed by atoms with Crippen LogP contribution in [0.2, 0.25) is 0 Å². The molecule has 100 valence electrons. The van der Waals surface area contributed by atoms with Gasteiger partial charge < -0.3 is 10.4 Å². The van der Waals surface area contributed by atoms with Crippen LogP contribution in [0.3, 0.4) is 0 Å². The molecule has 3 nitrogen and oxygen atoms in total. The van der Waals surface area contributed by atoms with Crippen LogP contribution in [-0.2, 0) is 0 Å². The van der Waals surface area contributed by atoms with Crippen LogP contribution >= 0.6 is 0 Å². The fourth-order valence-electron chi connectivity index (χ4n) is 3.47. The summed E-state index contributed by atoms with van der Waals surface area (Å²) in [4.78, 5) is 2.52. The van der Waals surface area contributed by atoms with Crippen LogP contribution in [-0.4, -0.2) is 47.8 Å². The monoisotopic (exact) mass is 240 g/mol. The molecule has 2 rings (SSSR count). The fraction of sp³-hybridized carbons (Fsp3) is 1.00. The molecule has 2 heterocycles. The lowest BCUT2D eigenvalue weighted by molar-refractivity contribution is -0.0494. The summed E-state index contributed by atoms with van der Waals surface area (Å²) in [5, 5.41) is 14.0. The van der Waals surface area contributed by atoms with Crippen molar-refractivity contribution in [2.24, 2.45) is 11.8 Å². The maximum Gasteiger partial charge on any atom is 0.0798 e. The molecule has 0 saturated carbocycles. The molecule has 2 saturated heterocycles. The number of hydrogen-bond donors (Lipinski definition) is 2. The lowest BCUT2D eigenvalue weighted by Gasteiger charge is -2.45. The van der Waals surface area contributed by atoms with Gasteiger partial charge in [-0.3, -0.25) is 4.90 Å². The average molecular weight is 240 g/mol. The van der Waals surface area contributed by atoms with E-state index in [-0.39, 0.29) is 0 Å². The van der Waals surface area contributed by atoms with Gasteiger partial charge in [0.25, 0.3) is 0 Å². The molecule has 0 aromatic heterocycles. The molecule has 0 aromatic rings. The second-order valence-electron chi connectivity index (χ2n) is 6.46. The maximum atomic E-state index is 10.6. The zero-order chi connectivity index (χ0) is 12.5. The van der Waals surface area contributed by atoms with Gasteiger partial charge in [-0.2, -0.15) is 0 Å². The maximum absolute atomic E-state index is 10.6. The summed E-state index contributed by atoms with van der Waals surface area (Å²) in [5.41, 5.74) is -0.448. The molecule has 3 unspecified atom stereocenters. The minimum Gasteiger partial charge on any atom is -0.388 e. The van der Waals surface area contributed by atoms with Crippen LogP contribution in [0.5, 0.6) is 0 Å². The first-order valence-electron chi connectivity index (χ1n) is 7.17. The van der Waals surface area contributed by atoms with Gasteiger partial charge in [-0.25, -0.2) is 0 Å². The van der Waals surface area contributed by atoms with Crippen molar-refractivity contribution in [3.05, 3.63) is 0 Å². The average Bonchev–Trinajstić information content (AvgIpc) is 2.26. The number of aliphatic hydroxyl groups is 1. The van der Waals surface area contributed by atoms with Crippen molar-refractivity contribution in [3.8, 4) is 0 Å². The highest BCUT2D eigenvalue weighted by molar-refractivity contribution is 4.91. The van der Waals surface area contributed by atoms with Crippen molar-refractivity contribution in [3.63, 3.8) is 0 Å². The first kappa shape index (κ1) is 13.3.